The fourth-order valence-corrected chi connectivity index (χ4v) is 1.78. The van der Waals surface area contributed by atoms with E-state index in [-0.39, 0.29) is 5.82 Å². The Morgan fingerprint density at radius 1 is 0.632 bits per heavy atom. The molecule has 2 heterocycles. The molecule has 2 aromatic heterocycles. The Hall–Kier alpha value is -2.62. The van der Waals surface area contributed by atoms with Gasteiger partial charge in [-0.2, -0.15) is 0 Å². The molecule has 1 aromatic carbocycles. The lowest BCUT2D eigenvalue weighted by atomic mass is 10.1. The Morgan fingerprint density at radius 3 is 1.68 bits per heavy atom. The summed E-state index contributed by atoms with van der Waals surface area (Å²) in [7, 11) is 0. The molecule has 0 aliphatic heterocycles. The number of hydrogen-bond donors (Lipinski definition) is 0. The summed E-state index contributed by atoms with van der Waals surface area (Å²) in [5.41, 5.74) is 3.31. The zero-order valence-electron chi connectivity index (χ0n) is 9.99. The summed E-state index contributed by atoms with van der Waals surface area (Å²) < 4.78 is 12.8. The summed E-state index contributed by atoms with van der Waals surface area (Å²) in [5, 5.41) is 8.34. The van der Waals surface area contributed by atoms with Gasteiger partial charge >= 0.3 is 0 Å². The Bertz CT molecular complexity index is 664. The van der Waals surface area contributed by atoms with Crippen molar-refractivity contribution in [3.8, 4) is 22.5 Å². The summed E-state index contributed by atoms with van der Waals surface area (Å²) in [4.78, 5) is 3.96. The van der Waals surface area contributed by atoms with Crippen LogP contribution in [0.15, 0.2) is 60.9 Å². The number of nitrogens with zero attached hydrogens (tertiary/aromatic N) is 3. The van der Waals surface area contributed by atoms with Crippen LogP contribution >= 0.6 is 0 Å². The zero-order valence-corrected chi connectivity index (χ0v) is 9.99. The highest BCUT2D eigenvalue weighted by Gasteiger charge is 2.03. The fraction of sp³-hybridized carbons (Fsp3) is 0. The number of pyridine rings is 1. The van der Waals surface area contributed by atoms with Gasteiger partial charge in [-0.1, -0.05) is 0 Å². The molecule has 92 valence electrons. The van der Waals surface area contributed by atoms with Crippen molar-refractivity contribution in [2.75, 3.05) is 0 Å². The number of hydrogen-bond acceptors (Lipinski definition) is 3. The van der Waals surface area contributed by atoms with Gasteiger partial charge in [-0.3, -0.25) is 4.98 Å². The van der Waals surface area contributed by atoms with Crippen LogP contribution in [0.4, 0.5) is 4.39 Å². The first-order valence-corrected chi connectivity index (χ1v) is 5.83. The van der Waals surface area contributed by atoms with E-state index in [1.54, 1.807) is 24.5 Å². The lowest BCUT2D eigenvalue weighted by molar-refractivity contribution is 0.628. The molecular formula is C15H10FN3. The maximum Gasteiger partial charge on any atom is 0.123 e. The van der Waals surface area contributed by atoms with Crippen LogP contribution in [0, 0.1) is 5.82 Å². The van der Waals surface area contributed by atoms with E-state index in [4.69, 9.17) is 0 Å². The van der Waals surface area contributed by atoms with Gasteiger partial charge in [-0.15, -0.1) is 10.2 Å². The van der Waals surface area contributed by atoms with Crippen molar-refractivity contribution in [2.45, 2.75) is 0 Å². The second-order valence-electron chi connectivity index (χ2n) is 4.05. The molecule has 3 nitrogen and oxygen atoms in total. The molecule has 0 N–H and O–H groups in total. The highest BCUT2D eigenvalue weighted by molar-refractivity contribution is 5.63. The average molecular weight is 251 g/mol. The Balaban J connectivity index is 1.93. The van der Waals surface area contributed by atoms with Crippen molar-refractivity contribution in [2.24, 2.45) is 0 Å². The molecule has 4 heteroatoms. The molecule has 3 rings (SSSR count). The van der Waals surface area contributed by atoms with E-state index in [1.165, 1.54) is 12.1 Å². The normalized spacial score (nSPS) is 10.4. The zero-order chi connectivity index (χ0) is 13.1. The third kappa shape index (κ3) is 2.47. The maximum atomic E-state index is 12.8. The van der Waals surface area contributed by atoms with Crippen LogP contribution in [-0.2, 0) is 0 Å². The highest BCUT2D eigenvalue weighted by Crippen LogP contribution is 2.20. The maximum absolute atomic E-state index is 12.8. The smallest absolute Gasteiger partial charge is 0.123 e. The van der Waals surface area contributed by atoms with E-state index in [9.17, 15) is 4.39 Å². The van der Waals surface area contributed by atoms with Gasteiger partial charge < -0.3 is 0 Å². The third-order valence-corrected chi connectivity index (χ3v) is 2.78. The van der Waals surface area contributed by atoms with Gasteiger partial charge in [0.1, 0.15) is 5.82 Å². The molecule has 0 radical (unpaired) electrons. The molecule has 0 aliphatic carbocycles. The van der Waals surface area contributed by atoms with E-state index in [2.05, 4.69) is 15.2 Å². The molecule has 0 unspecified atom stereocenters. The van der Waals surface area contributed by atoms with Gasteiger partial charge in [0.15, 0.2) is 0 Å². The monoisotopic (exact) mass is 251 g/mol. The standard InChI is InChI=1S/C15H10FN3/c16-13-3-1-11(2-4-13)14-5-6-15(19-18-14)12-7-9-17-10-8-12/h1-10H. The SMILES string of the molecule is Fc1ccc(-c2ccc(-c3ccncc3)nn2)cc1. The van der Waals surface area contributed by atoms with E-state index in [0.717, 1.165) is 22.5 Å². The van der Waals surface area contributed by atoms with E-state index < -0.39 is 0 Å². The minimum absolute atomic E-state index is 0.259. The van der Waals surface area contributed by atoms with Crippen molar-refractivity contribution in [1.29, 1.82) is 0 Å². The first kappa shape index (κ1) is 11.5. The first-order valence-electron chi connectivity index (χ1n) is 5.83. The molecule has 0 bridgehead atoms. The summed E-state index contributed by atoms with van der Waals surface area (Å²) in [6, 6.07) is 13.7. The van der Waals surface area contributed by atoms with Crippen LogP contribution in [-0.4, -0.2) is 15.2 Å². The summed E-state index contributed by atoms with van der Waals surface area (Å²) in [6.45, 7) is 0. The quantitative estimate of drug-likeness (QED) is 0.701. The average Bonchev–Trinajstić information content (AvgIpc) is 2.49. The van der Waals surface area contributed by atoms with Crippen molar-refractivity contribution < 1.29 is 4.39 Å². The van der Waals surface area contributed by atoms with Gasteiger partial charge in [0.2, 0.25) is 0 Å². The van der Waals surface area contributed by atoms with Crippen molar-refractivity contribution in [1.82, 2.24) is 15.2 Å². The van der Waals surface area contributed by atoms with Gasteiger partial charge in [0.05, 0.1) is 11.4 Å². The number of aromatic nitrogens is 3. The molecule has 0 saturated heterocycles. The predicted octanol–water partition coefficient (Wildman–Crippen LogP) is 3.34. The van der Waals surface area contributed by atoms with Gasteiger partial charge in [0.25, 0.3) is 0 Å². The van der Waals surface area contributed by atoms with E-state index in [0.29, 0.717) is 0 Å². The van der Waals surface area contributed by atoms with Crippen molar-refractivity contribution >= 4 is 0 Å². The molecule has 0 amide bonds. The van der Waals surface area contributed by atoms with Crippen LogP contribution < -0.4 is 0 Å². The van der Waals surface area contributed by atoms with Crippen LogP contribution in [0.25, 0.3) is 22.5 Å². The number of halogens is 1. The van der Waals surface area contributed by atoms with Gasteiger partial charge in [-0.05, 0) is 48.5 Å². The van der Waals surface area contributed by atoms with Crippen molar-refractivity contribution in [3.05, 3.63) is 66.7 Å². The van der Waals surface area contributed by atoms with Crippen molar-refractivity contribution in [3.63, 3.8) is 0 Å². The van der Waals surface area contributed by atoms with Gasteiger partial charge in [-0.25, -0.2) is 4.39 Å². The molecule has 0 spiro atoms. The molecule has 3 aromatic rings. The second kappa shape index (κ2) is 4.94. The van der Waals surface area contributed by atoms with Crippen LogP contribution in [0.1, 0.15) is 0 Å². The minimum atomic E-state index is -0.259. The Kier molecular flexibility index (Phi) is 2.98. The molecular weight excluding hydrogens is 241 g/mol. The third-order valence-electron chi connectivity index (χ3n) is 2.78. The lowest BCUT2D eigenvalue weighted by Crippen LogP contribution is -1.91. The molecule has 0 fully saturated rings. The summed E-state index contributed by atoms with van der Waals surface area (Å²) in [5.74, 6) is -0.259. The lowest BCUT2D eigenvalue weighted by Gasteiger charge is -2.02. The Morgan fingerprint density at radius 2 is 1.16 bits per heavy atom. The topological polar surface area (TPSA) is 38.7 Å². The molecule has 19 heavy (non-hydrogen) atoms. The summed E-state index contributed by atoms with van der Waals surface area (Å²) in [6.07, 6.45) is 3.43. The predicted molar refractivity (Wildman–Crippen MR) is 70.7 cm³/mol. The summed E-state index contributed by atoms with van der Waals surface area (Å²) >= 11 is 0. The minimum Gasteiger partial charge on any atom is -0.265 e. The second-order valence-corrected chi connectivity index (χ2v) is 4.05. The van der Waals surface area contributed by atoms with E-state index >= 15 is 0 Å². The highest BCUT2D eigenvalue weighted by atomic mass is 19.1. The molecule has 0 atom stereocenters. The number of rotatable bonds is 2. The first-order chi connectivity index (χ1) is 9.33. The van der Waals surface area contributed by atoms with Crippen LogP contribution in [0.2, 0.25) is 0 Å². The van der Waals surface area contributed by atoms with Gasteiger partial charge in [0, 0.05) is 23.5 Å². The molecule has 0 saturated carbocycles. The van der Waals surface area contributed by atoms with Crippen LogP contribution in [0.5, 0.6) is 0 Å². The number of benzene rings is 1. The Labute approximate surface area is 109 Å². The largest absolute Gasteiger partial charge is 0.265 e. The van der Waals surface area contributed by atoms with Crippen LogP contribution in [0.3, 0.4) is 0 Å². The molecule has 0 aliphatic rings. The fourth-order valence-electron chi connectivity index (χ4n) is 1.78. The van der Waals surface area contributed by atoms with E-state index in [1.807, 2.05) is 24.3 Å².